The number of aliphatic imine (C=N–C) groups is 1. The molecule has 0 amide bonds. The molecule has 0 fully saturated rings. The highest BCUT2D eigenvalue weighted by atomic mass is 79.9. The predicted octanol–water partition coefficient (Wildman–Crippen LogP) is 6.77. The van der Waals surface area contributed by atoms with E-state index in [-0.39, 0.29) is 0 Å². The van der Waals surface area contributed by atoms with Crippen LogP contribution in [-0.4, -0.2) is 4.62 Å². The molecule has 1 heterocycles. The van der Waals surface area contributed by atoms with Crippen molar-refractivity contribution in [3.05, 3.63) is 31.1 Å². The lowest BCUT2D eigenvalue weighted by molar-refractivity contribution is 0.791. The third-order valence-electron chi connectivity index (χ3n) is 2.94. The molecule has 1 aromatic carbocycles. The van der Waals surface area contributed by atoms with Gasteiger partial charge < -0.3 is 0 Å². The second-order valence-corrected chi connectivity index (χ2v) is 7.26. The Morgan fingerprint density at radius 1 is 1.06 bits per heavy atom. The molecule has 0 bridgehead atoms. The van der Waals surface area contributed by atoms with Crippen LogP contribution in [0.1, 0.15) is 30.9 Å². The highest BCUT2D eigenvalue weighted by Crippen LogP contribution is 2.50. The summed E-state index contributed by atoms with van der Waals surface area (Å²) in [5, 5.41) is 0. The van der Waals surface area contributed by atoms with E-state index in [0.717, 1.165) is 47.7 Å². The summed E-state index contributed by atoms with van der Waals surface area (Å²) in [6.45, 7) is 6.32. The minimum absolute atomic E-state index is 0.820. The standard InChI is InChI=1S/C13H11Br4N/c1-3-4-5-7-8-6(2)13(17)18-12(8)11(16)10(15)9(7)14/h2-5H2,1H3. The van der Waals surface area contributed by atoms with Crippen molar-refractivity contribution in [2.24, 2.45) is 4.99 Å². The van der Waals surface area contributed by atoms with Crippen molar-refractivity contribution in [1.29, 1.82) is 0 Å². The molecule has 96 valence electrons. The first-order chi connectivity index (χ1) is 8.49. The molecule has 0 aliphatic carbocycles. The zero-order valence-corrected chi connectivity index (χ0v) is 16.1. The summed E-state index contributed by atoms with van der Waals surface area (Å²) in [4.78, 5) is 4.54. The van der Waals surface area contributed by atoms with Crippen LogP contribution in [0.5, 0.6) is 0 Å². The molecule has 0 saturated heterocycles. The number of rotatable bonds is 3. The monoisotopic (exact) mass is 497 g/mol. The van der Waals surface area contributed by atoms with Crippen molar-refractivity contribution >= 4 is 79.6 Å². The maximum atomic E-state index is 4.54. The van der Waals surface area contributed by atoms with Crippen LogP contribution in [0.2, 0.25) is 0 Å². The van der Waals surface area contributed by atoms with Crippen molar-refractivity contribution in [3.63, 3.8) is 0 Å². The first kappa shape index (κ1) is 14.9. The van der Waals surface area contributed by atoms with Gasteiger partial charge in [0.1, 0.15) is 4.62 Å². The van der Waals surface area contributed by atoms with Gasteiger partial charge in [-0.1, -0.05) is 19.9 Å². The minimum Gasteiger partial charge on any atom is -0.239 e. The molecule has 0 spiro atoms. The quantitative estimate of drug-likeness (QED) is 0.406. The van der Waals surface area contributed by atoms with Crippen LogP contribution in [-0.2, 0) is 6.42 Å². The Bertz CT molecular complexity index is 561. The fraction of sp³-hybridized carbons (Fsp3) is 0.308. The van der Waals surface area contributed by atoms with E-state index in [9.17, 15) is 0 Å². The second-order valence-electron chi connectivity index (χ2n) is 4.13. The number of nitrogens with zero attached hydrogens (tertiary/aromatic N) is 1. The van der Waals surface area contributed by atoms with Crippen molar-refractivity contribution in [1.82, 2.24) is 0 Å². The van der Waals surface area contributed by atoms with Crippen molar-refractivity contribution in [3.8, 4) is 0 Å². The summed E-state index contributed by atoms with van der Waals surface area (Å²) in [6, 6.07) is 0. The number of allylic oxidation sites excluding steroid dienone is 1. The SMILES string of the molecule is C=C1C(Br)=Nc2c(Br)c(Br)c(Br)c(CCCC)c21. The number of fused-ring (bicyclic) bond motifs is 1. The zero-order chi connectivity index (χ0) is 13.4. The highest BCUT2D eigenvalue weighted by molar-refractivity contribution is 9.19. The van der Waals surface area contributed by atoms with E-state index < -0.39 is 0 Å². The molecule has 18 heavy (non-hydrogen) atoms. The predicted molar refractivity (Wildman–Crippen MR) is 93.2 cm³/mol. The van der Waals surface area contributed by atoms with Gasteiger partial charge in [0, 0.05) is 20.1 Å². The molecule has 0 saturated carbocycles. The lowest BCUT2D eigenvalue weighted by Gasteiger charge is -2.14. The van der Waals surface area contributed by atoms with Gasteiger partial charge in [-0.05, 0) is 82.1 Å². The highest BCUT2D eigenvalue weighted by Gasteiger charge is 2.27. The maximum absolute atomic E-state index is 4.54. The van der Waals surface area contributed by atoms with Crippen LogP contribution in [0, 0.1) is 0 Å². The number of unbranched alkanes of at least 4 members (excludes halogenated alkanes) is 1. The summed E-state index contributed by atoms with van der Waals surface area (Å²) < 4.78 is 3.91. The molecule has 5 heteroatoms. The van der Waals surface area contributed by atoms with E-state index in [1.807, 2.05) is 0 Å². The van der Waals surface area contributed by atoms with Gasteiger partial charge in [0.25, 0.3) is 0 Å². The Labute approximate surface area is 141 Å². The Kier molecular flexibility index (Phi) is 4.90. The van der Waals surface area contributed by atoms with Gasteiger partial charge in [-0.3, -0.25) is 0 Å². The van der Waals surface area contributed by atoms with Gasteiger partial charge in [0.05, 0.1) is 10.2 Å². The molecular formula is C13H11Br4N. The Hall–Kier alpha value is 0.550. The van der Waals surface area contributed by atoms with E-state index in [2.05, 4.69) is 82.2 Å². The van der Waals surface area contributed by atoms with E-state index in [4.69, 9.17) is 0 Å². The van der Waals surface area contributed by atoms with Gasteiger partial charge in [0.2, 0.25) is 0 Å². The summed E-state index contributed by atoms with van der Waals surface area (Å²) in [5.41, 5.74) is 4.36. The third kappa shape index (κ3) is 2.43. The molecule has 1 nitrogen and oxygen atoms in total. The molecule has 0 atom stereocenters. The molecule has 1 aromatic rings. The van der Waals surface area contributed by atoms with Crippen LogP contribution < -0.4 is 0 Å². The minimum atomic E-state index is 0.820. The lowest BCUT2D eigenvalue weighted by Crippen LogP contribution is -1.97. The van der Waals surface area contributed by atoms with Gasteiger partial charge in [-0.15, -0.1) is 0 Å². The molecule has 0 aromatic heterocycles. The van der Waals surface area contributed by atoms with E-state index in [1.54, 1.807) is 0 Å². The summed E-state index contributed by atoms with van der Waals surface area (Å²) in [7, 11) is 0. The average Bonchev–Trinajstić information content (AvgIpc) is 2.64. The summed E-state index contributed by atoms with van der Waals surface area (Å²) in [6.07, 6.45) is 3.35. The van der Waals surface area contributed by atoms with Crippen LogP contribution in [0.3, 0.4) is 0 Å². The van der Waals surface area contributed by atoms with E-state index in [0.29, 0.717) is 0 Å². The van der Waals surface area contributed by atoms with Crippen LogP contribution in [0.25, 0.3) is 5.57 Å². The Balaban J connectivity index is 2.67. The van der Waals surface area contributed by atoms with Crippen LogP contribution in [0.4, 0.5) is 5.69 Å². The molecule has 0 N–H and O–H groups in total. The first-order valence-electron chi connectivity index (χ1n) is 5.62. The second kappa shape index (κ2) is 5.90. The zero-order valence-electron chi connectivity index (χ0n) is 9.79. The molecule has 0 unspecified atom stereocenters. The van der Waals surface area contributed by atoms with Crippen molar-refractivity contribution < 1.29 is 0 Å². The van der Waals surface area contributed by atoms with Gasteiger partial charge in [-0.2, -0.15) is 0 Å². The molecule has 0 radical (unpaired) electrons. The van der Waals surface area contributed by atoms with Crippen LogP contribution in [0.15, 0.2) is 25.0 Å². The largest absolute Gasteiger partial charge is 0.239 e. The number of benzene rings is 1. The van der Waals surface area contributed by atoms with Crippen LogP contribution >= 0.6 is 63.7 Å². The lowest BCUT2D eigenvalue weighted by atomic mass is 9.97. The van der Waals surface area contributed by atoms with E-state index >= 15 is 0 Å². The van der Waals surface area contributed by atoms with E-state index in [1.165, 1.54) is 12.0 Å². The molecule has 2 rings (SSSR count). The average molecular weight is 501 g/mol. The van der Waals surface area contributed by atoms with Gasteiger partial charge in [0.15, 0.2) is 0 Å². The number of hydrogen-bond donors (Lipinski definition) is 0. The Morgan fingerprint density at radius 3 is 2.33 bits per heavy atom. The summed E-state index contributed by atoms with van der Waals surface area (Å²) >= 11 is 14.3. The summed E-state index contributed by atoms with van der Waals surface area (Å²) in [5.74, 6) is 0. The molecule has 1 aliphatic heterocycles. The molecular weight excluding hydrogens is 490 g/mol. The van der Waals surface area contributed by atoms with Gasteiger partial charge in [-0.25, -0.2) is 4.99 Å². The Morgan fingerprint density at radius 2 is 1.72 bits per heavy atom. The van der Waals surface area contributed by atoms with Crippen molar-refractivity contribution in [2.75, 3.05) is 0 Å². The normalized spacial score (nSPS) is 13.8. The number of halogens is 4. The van der Waals surface area contributed by atoms with Gasteiger partial charge >= 0.3 is 0 Å². The fourth-order valence-electron chi connectivity index (χ4n) is 1.98. The first-order valence-corrected chi connectivity index (χ1v) is 8.79. The smallest absolute Gasteiger partial charge is 0.114 e. The number of hydrogen-bond acceptors (Lipinski definition) is 1. The van der Waals surface area contributed by atoms with Crippen molar-refractivity contribution in [2.45, 2.75) is 26.2 Å². The fourth-order valence-corrected chi connectivity index (χ4v) is 4.13. The maximum Gasteiger partial charge on any atom is 0.114 e. The third-order valence-corrected chi connectivity index (χ3v) is 7.10. The molecule has 1 aliphatic rings. The topological polar surface area (TPSA) is 12.4 Å².